The molecule has 11 heteroatoms. The number of hydrogen-bond donors (Lipinski definition) is 0. The summed E-state index contributed by atoms with van der Waals surface area (Å²) in [7, 11) is 0. The first-order chi connectivity index (χ1) is 16.3. The molecule has 0 aliphatic carbocycles. The number of carbonyl (C=O) groups excluding carboxylic acids is 2. The van der Waals surface area contributed by atoms with Gasteiger partial charge in [0.15, 0.2) is 17.5 Å². The molecule has 176 valence electrons. The fourth-order valence-electron chi connectivity index (χ4n) is 4.57. The summed E-state index contributed by atoms with van der Waals surface area (Å²) >= 11 is 0. The van der Waals surface area contributed by atoms with Gasteiger partial charge >= 0.3 is 0 Å². The van der Waals surface area contributed by atoms with Crippen molar-refractivity contribution in [1.82, 2.24) is 24.6 Å². The molecule has 4 heterocycles. The number of hydrogen-bond acceptors (Lipinski definition) is 5. The zero-order chi connectivity index (χ0) is 24.0. The molecule has 0 spiro atoms. The Balaban J connectivity index is 1.36. The summed E-state index contributed by atoms with van der Waals surface area (Å²) in [4.78, 5) is 37.6. The first-order valence-corrected chi connectivity index (χ1v) is 10.9. The largest absolute Gasteiger partial charge is 0.332 e. The Morgan fingerprint density at radius 3 is 2.53 bits per heavy atom. The number of benzene rings is 1. The van der Waals surface area contributed by atoms with E-state index in [0.29, 0.717) is 30.3 Å². The van der Waals surface area contributed by atoms with Crippen molar-refractivity contribution in [2.24, 2.45) is 0 Å². The molecule has 0 radical (unpaired) electrons. The highest BCUT2D eigenvalue weighted by atomic mass is 19.2. The van der Waals surface area contributed by atoms with Crippen LogP contribution < -0.4 is 4.90 Å². The van der Waals surface area contributed by atoms with Gasteiger partial charge in [0.25, 0.3) is 0 Å². The normalized spacial score (nSPS) is 20.1. The molecule has 1 aromatic carbocycles. The van der Waals surface area contributed by atoms with Crippen molar-refractivity contribution >= 4 is 17.5 Å². The smallest absolute Gasteiger partial charge is 0.227 e. The van der Waals surface area contributed by atoms with Crippen molar-refractivity contribution in [3.63, 3.8) is 0 Å². The van der Waals surface area contributed by atoms with Crippen LogP contribution in [0.25, 0.3) is 0 Å². The first kappa shape index (κ1) is 22.1. The summed E-state index contributed by atoms with van der Waals surface area (Å²) in [5, 5.41) is 4.41. The van der Waals surface area contributed by atoms with Crippen LogP contribution in [-0.2, 0) is 29.1 Å². The average molecular weight is 470 g/mol. The standard InChI is InChI=1S/C23H21F3N6O2/c1-13-10-32-19(12-30(13)20(33)7-14-5-16(24)22(26)17(25)6-14)18(9-29-32)31-11-15(8-21(31)34)23-27-3-2-4-28-23/h2-6,9,13,15H,7-8,10-12H2,1H3/t13-,15?/m0/s1. The third-order valence-corrected chi connectivity index (χ3v) is 6.30. The van der Waals surface area contributed by atoms with E-state index < -0.39 is 17.5 Å². The van der Waals surface area contributed by atoms with E-state index in [2.05, 4.69) is 15.1 Å². The van der Waals surface area contributed by atoms with E-state index in [0.717, 1.165) is 12.1 Å². The van der Waals surface area contributed by atoms with Crippen LogP contribution in [0.5, 0.6) is 0 Å². The number of anilines is 1. The average Bonchev–Trinajstić information content (AvgIpc) is 3.40. The van der Waals surface area contributed by atoms with Crippen molar-refractivity contribution in [3.05, 3.63) is 71.3 Å². The van der Waals surface area contributed by atoms with Crippen molar-refractivity contribution < 1.29 is 22.8 Å². The van der Waals surface area contributed by atoms with Gasteiger partial charge in [0.2, 0.25) is 11.8 Å². The minimum atomic E-state index is -1.56. The van der Waals surface area contributed by atoms with Crippen molar-refractivity contribution in [1.29, 1.82) is 0 Å². The van der Waals surface area contributed by atoms with Crippen LogP contribution in [0.1, 0.15) is 36.3 Å². The van der Waals surface area contributed by atoms with Crippen molar-refractivity contribution in [2.45, 2.75) is 44.8 Å². The molecule has 2 amide bonds. The Kier molecular flexibility index (Phi) is 5.54. The maximum atomic E-state index is 13.6. The lowest BCUT2D eigenvalue weighted by Gasteiger charge is -2.35. The highest BCUT2D eigenvalue weighted by molar-refractivity contribution is 5.97. The van der Waals surface area contributed by atoms with Crippen LogP contribution in [-0.4, -0.2) is 49.0 Å². The van der Waals surface area contributed by atoms with Gasteiger partial charge in [-0.05, 0) is 30.7 Å². The molecule has 5 rings (SSSR count). The molecule has 1 fully saturated rings. The van der Waals surface area contributed by atoms with Crippen LogP contribution in [0.3, 0.4) is 0 Å². The molecule has 0 bridgehead atoms. The molecule has 0 saturated carbocycles. The maximum absolute atomic E-state index is 13.6. The fourth-order valence-corrected chi connectivity index (χ4v) is 4.57. The van der Waals surface area contributed by atoms with Crippen molar-refractivity contribution in [2.75, 3.05) is 11.4 Å². The topological polar surface area (TPSA) is 84.2 Å². The summed E-state index contributed by atoms with van der Waals surface area (Å²) in [6.45, 7) is 2.83. The summed E-state index contributed by atoms with van der Waals surface area (Å²) in [5.41, 5.74) is 1.37. The fraction of sp³-hybridized carbons (Fsp3) is 0.348. The molecule has 34 heavy (non-hydrogen) atoms. The SMILES string of the molecule is C[C@H]1Cn2ncc(N3CC(c4ncccn4)CC3=O)c2CN1C(=O)Cc1cc(F)c(F)c(F)c1. The predicted octanol–water partition coefficient (Wildman–Crippen LogP) is 2.58. The Morgan fingerprint density at radius 1 is 1.12 bits per heavy atom. The molecule has 8 nitrogen and oxygen atoms in total. The molecule has 0 N–H and O–H groups in total. The van der Waals surface area contributed by atoms with Gasteiger partial charge in [0, 0.05) is 37.3 Å². The van der Waals surface area contributed by atoms with E-state index >= 15 is 0 Å². The molecular formula is C23H21F3N6O2. The lowest BCUT2D eigenvalue weighted by molar-refractivity contribution is -0.134. The van der Waals surface area contributed by atoms with Crippen LogP contribution in [0.4, 0.5) is 18.9 Å². The number of carbonyl (C=O) groups is 2. The van der Waals surface area contributed by atoms with Crippen LogP contribution in [0, 0.1) is 17.5 Å². The van der Waals surface area contributed by atoms with Gasteiger partial charge in [-0.2, -0.15) is 5.10 Å². The van der Waals surface area contributed by atoms with Crippen LogP contribution in [0.2, 0.25) is 0 Å². The van der Waals surface area contributed by atoms with Crippen LogP contribution >= 0.6 is 0 Å². The van der Waals surface area contributed by atoms with Gasteiger partial charge in [-0.15, -0.1) is 0 Å². The molecule has 2 aliphatic heterocycles. The monoisotopic (exact) mass is 470 g/mol. The second-order valence-corrected chi connectivity index (χ2v) is 8.59. The summed E-state index contributed by atoms with van der Waals surface area (Å²) < 4.78 is 42.2. The van der Waals surface area contributed by atoms with E-state index in [-0.39, 0.29) is 48.7 Å². The number of halogens is 3. The van der Waals surface area contributed by atoms with E-state index in [9.17, 15) is 22.8 Å². The van der Waals surface area contributed by atoms with Crippen molar-refractivity contribution in [3.8, 4) is 0 Å². The van der Waals surface area contributed by atoms with Gasteiger partial charge in [-0.25, -0.2) is 23.1 Å². The van der Waals surface area contributed by atoms with Gasteiger partial charge in [-0.1, -0.05) is 0 Å². The zero-order valence-electron chi connectivity index (χ0n) is 18.3. The molecule has 1 saturated heterocycles. The minimum Gasteiger partial charge on any atom is -0.332 e. The third kappa shape index (κ3) is 3.91. The van der Waals surface area contributed by atoms with E-state index in [4.69, 9.17) is 0 Å². The Morgan fingerprint density at radius 2 is 1.82 bits per heavy atom. The quantitative estimate of drug-likeness (QED) is 0.548. The number of fused-ring (bicyclic) bond motifs is 1. The third-order valence-electron chi connectivity index (χ3n) is 6.30. The number of aromatic nitrogens is 4. The van der Waals surface area contributed by atoms with Gasteiger partial charge in [0.05, 0.1) is 37.1 Å². The minimum absolute atomic E-state index is 0.0494. The Labute approximate surface area is 193 Å². The Hall–Kier alpha value is -3.76. The second kappa shape index (κ2) is 8.54. The first-order valence-electron chi connectivity index (χ1n) is 10.9. The second-order valence-electron chi connectivity index (χ2n) is 8.59. The summed E-state index contributed by atoms with van der Waals surface area (Å²) in [6.07, 6.45) is 4.89. The molecule has 1 unspecified atom stereocenters. The highest BCUT2D eigenvalue weighted by Gasteiger charge is 2.37. The lowest BCUT2D eigenvalue weighted by atomic mass is 10.1. The zero-order valence-corrected chi connectivity index (χ0v) is 18.3. The highest BCUT2D eigenvalue weighted by Crippen LogP contribution is 2.34. The number of nitrogens with zero attached hydrogens (tertiary/aromatic N) is 6. The Bertz CT molecular complexity index is 1240. The molecular weight excluding hydrogens is 449 g/mol. The predicted molar refractivity (Wildman–Crippen MR) is 114 cm³/mol. The lowest BCUT2D eigenvalue weighted by Crippen LogP contribution is -2.46. The van der Waals surface area contributed by atoms with Gasteiger partial charge in [0.1, 0.15) is 5.82 Å². The molecule has 2 aliphatic rings. The van der Waals surface area contributed by atoms with Gasteiger partial charge < -0.3 is 9.80 Å². The number of amides is 2. The molecule has 2 atom stereocenters. The number of rotatable bonds is 4. The molecule has 2 aromatic heterocycles. The van der Waals surface area contributed by atoms with Crippen LogP contribution in [0.15, 0.2) is 36.8 Å². The van der Waals surface area contributed by atoms with E-state index in [1.165, 1.54) is 0 Å². The van der Waals surface area contributed by atoms with E-state index in [1.807, 2.05) is 6.92 Å². The maximum Gasteiger partial charge on any atom is 0.227 e. The molecule has 3 aromatic rings. The van der Waals surface area contributed by atoms with E-state index in [1.54, 1.807) is 39.1 Å². The summed E-state index contributed by atoms with van der Waals surface area (Å²) in [6, 6.07) is 3.14. The van der Waals surface area contributed by atoms with Gasteiger partial charge in [-0.3, -0.25) is 14.3 Å². The summed E-state index contributed by atoms with van der Waals surface area (Å²) in [5.74, 6) is -4.22.